The largest absolute Gasteiger partial charge is 0.396 e. The highest BCUT2D eigenvalue weighted by Gasteiger charge is 1.96. The van der Waals surface area contributed by atoms with Crippen molar-refractivity contribution in [3.63, 3.8) is 0 Å². The molecule has 0 spiro atoms. The summed E-state index contributed by atoms with van der Waals surface area (Å²) in [4.78, 5) is 11.0. The highest BCUT2D eigenvalue weighted by atomic mass is 16.3. The number of rotatable bonds is 17. The zero-order chi connectivity index (χ0) is 20.6. The fourth-order valence-corrected chi connectivity index (χ4v) is 2.74. The molecule has 0 bridgehead atoms. The van der Waals surface area contributed by atoms with E-state index in [4.69, 9.17) is 5.11 Å². The van der Waals surface area contributed by atoms with E-state index in [2.05, 4.69) is 38.2 Å². The van der Waals surface area contributed by atoms with Gasteiger partial charge in [0.2, 0.25) is 5.91 Å². The molecule has 162 valence electrons. The lowest BCUT2D eigenvalue weighted by molar-refractivity contribution is -0.120. The van der Waals surface area contributed by atoms with Crippen molar-refractivity contribution < 1.29 is 9.90 Å². The molecule has 0 saturated carbocycles. The second-order valence-corrected chi connectivity index (χ2v) is 7.91. The Morgan fingerprint density at radius 2 is 1.33 bits per heavy atom. The minimum atomic E-state index is 0.174. The van der Waals surface area contributed by atoms with Crippen molar-refractivity contribution >= 4 is 5.91 Å². The van der Waals surface area contributed by atoms with Gasteiger partial charge >= 0.3 is 0 Å². The Morgan fingerprint density at radius 1 is 0.852 bits per heavy atom. The van der Waals surface area contributed by atoms with Gasteiger partial charge in [-0.3, -0.25) is 4.79 Å². The molecule has 0 aromatic carbocycles. The molecule has 0 aromatic heterocycles. The lowest BCUT2D eigenvalue weighted by atomic mass is 10.1. The first-order valence-corrected chi connectivity index (χ1v) is 11.5. The van der Waals surface area contributed by atoms with E-state index in [-0.39, 0.29) is 5.91 Å². The molecule has 0 heterocycles. The van der Waals surface area contributed by atoms with Crippen molar-refractivity contribution in [2.75, 3.05) is 13.7 Å². The van der Waals surface area contributed by atoms with E-state index in [0.717, 1.165) is 12.8 Å². The van der Waals surface area contributed by atoms with Crippen LogP contribution >= 0.6 is 0 Å². The minimum Gasteiger partial charge on any atom is -0.396 e. The quantitative estimate of drug-likeness (QED) is 0.214. The molecule has 0 saturated heterocycles. The maximum absolute atomic E-state index is 11.0. The molecule has 2 N–H and O–H groups in total. The lowest BCUT2D eigenvalue weighted by Crippen LogP contribution is -2.16. The molecule has 0 fully saturated rings. The number of nitrogens with one attached hydrogen (secondary N) is 1. The number of carbonyl (C=O) groups is 1. The molecule has 0 aliphatic heterocycles. The molecule has 0 aromatic rings. The molecule has 0 aliphatic rings. The van der Waals surface area contributed by atoms with Crippen molar-refractivity contribution in [2.45, 2.75) is 117 Å². The van der Waals surface area contributed by atoms with Crippen molar-refractivity contribution in [3.8, 4) is 0 Å². The average molecular weight is 384 g/mol. The van der Waals surface area contributed by atoms with Crippen molar-refractivity contribution in [1.82, 2.24) is 5.32 Å². The maximum Gasteiger partial charge on any atom is 0.219 e. The summed E-state index contributed by atoms with van der Waals surface area (Å²) < 4.78 is 0. The van der Waals surface area contributed by atoms with Crippen LogP contribution < -0.4 is 5.32 Å². The van der Waals surface area contributed by atoms with Crippen LogP contribution in [0.1, 0.15) is 117 Å². The van der Waals surface area contributed by atoms with Gasteiger partial charge in [0.1, 0.15) is 0 Å². The number of aliphatic hydroxyl groups is 1. The Morgan fingerprint density at radius 3 is 1.74 bits per heavy atom. The van der Waals surface area contributed by atoms with Crippen LogP contribution in [-0.2, 0) is 4.79 Å². The van der Waals surface area contributed by atoms with Gasteiger partial charge in [-0.15, -0.1) is 0 Å². The second-order valence-electron chi connectivity index (χ2n) is 7.91. The summed E-state index contributed by atoms with van der Waals surface area (Å²) in [5.41, 5.74) is 0. The van der Waals surface area contributed by atoms with Gasteiger partial charge in [0.05, 0.1) is 0 Å². The number of hydrogen-bond acceptors (Lipinski definition) is 2. The molecule has 27 heavy (non-hydrogen) atoms. The number of amides is 1. The monoisotopic (exact) mass is 383 g/mol. The van der Waals surface area contributed by atoms with E-state index >= 15 is 0 Å². The number of aliphatic hydroxyl groups excluding tert-OH is 1. The maximum atomic E-state index is 11.0. The van der Waals surface area contributed by atoms with Gasteiger partial charge in [0.25, 0.3) is 0 Å². The van der Waals surface area contributed by atoms with Crippen LogP contribution in [0.3, 0.4) is 0 Å². The number of allylic oxidation sites excluding steroid dienone is 2. The van der Waals surface area contributed by atoms with E-state index in [1.165, 1.54) is 77.0 Å². The molecule has 3 heteroatoms. The van der Waals surface area contributed by atoms with Gasteiger partial charge in [0.15, 0.2) is 0 Å². The van der Waals surface area contributed by atoms with Crippen LogP contribution in [0.5, 0.6) is 0 Å². The summed E-state index contributed by atoms with van der Waals surface area (Å²) in [7, 11) is 1.71. The Hall–Kier alpha value is -0.830. The number of carbonyl (C=O) groups excluding carboxylic acids is 1. The highest BCUT2D eigenvalue weighted by molar-refractivity contribution is 5.75. The molecule has 3 nitrogen and oxygen atoms in total. The normalized spacial score (nSPS) is 10.9. The van der Waals surface area contributed by atoms with E-state index in [9.17, 15) is 4.79 Å². The van der Waals surface area contributed by atoms with Crippen LogP contribution in [0.15, 0.2) is 12.2 Å². The fourth-order valence-electron chi connectivity index (χ4n) is 2.74. The summed E-state index contributed by atoms with van der Waals surface area (Å²) >= 11 is 0. The Kier molecular flexibility index (Phi) is 26.5. The van der Waals surface area contributed by atoms with Gasteiger partial charge in [0, 0.05) is 20.1 Å². The summed E-state index contributed by atoms with van der Waals surface area (Å²) in [6.45, 7) is 6.79. The third kappa shape index (κ3) is 30.2. The Bertz CT molecular complexity index is 314. The van der Waals surface area contributed by atoms with Gasteiger partial charge in [-0.25, -0.2) is 0 Å². The van der Waals surface area contributed by atoms with Crippen molar-refractivity contribution in [1.29, 1.82) is 0 Å². The van der Waals surface area contributed by atoms with Crippen LogP contribution in [-0.4, -0.2) is 24.7 Å². The predicted molar refractivity (Wildman–Crippen MR) is 120 cm³/mol. The van der Waals surface area contributed by atoms with Gasteiger partial charge in [-0.05, 0) is 44.4 Å². The molecular weight excluding hydrogens is 334 g/mol. The van der Waals surface area contributed by atoms with Gasteiger partial charge in [-0.1, -0.05) is 84.3 Å². The third-order valence-corrected chi connectivity index (χ3v) is 4.65. The summed E-state index contributed by atoms with van der Waals surface area (Å²) in [6.07, 6.45) is 23.3. The molecule has 1 amide bonds. The summed E-state index contributed by atoms with van der Waals surface area (Å²) in [5, 5.41) is 10.9. The van der Waals surface area contributed by atoms with E-state index in [1.807, 2.05) is 0 Å². The summed E-state index contributed by atoms with van der Waals surface area (Å²) in [5.74, 6) is 0.822. The SMILES string of the molecule is CC(C)CCO.CCCCCCCC/C=C\CCCCCCCC(=O)NC. The second kappa shape index (κ2) is 25.2. The molecular formula is C24H49NO2. The van der Waals surface area contributed by atoms with Crippen LogP contribution in [0.4, 0.5) is 0 Å². The van der Waals surface area contributed by atoms with E-state index < -0.39 is 0 Å². The molecule has 0 aliphatic carbocycles. The van der Waals surface area contributed by atoms with E-state index in [1.54, 1.807) is 7.05 Å². The minimum absolute atomic E-state index is 0.174. The standard InChI is InChI=1S/C19H37NO.C5H12O/c1-3-4-5-6-7-8-9-10-11-12-13-14-15-16-17-18-19(21)20-2;1-5(2)3-4-6/h10-11H,3-9,12-18H2,1-2H3,(H,20,21);5-6H,3-4H2,1-2H3/b11-10-;. The molecule has 0 radical (unpaired) electrons. The molecule has 0 rings (SSSR count). The lowest BCUT2D eigenvalue weighted by Gasteiger charge is -2.00. The van der Waals surface area contributed by atoms with Gasteiger partial charge in [-0.2, -0.15) is 0 Å². The van der Waals surface area contributed by atoms with E-state index in [0.29, 0.717) is 18.9 Å². The van der Waals surface area contributed by atoms with Gasteiger partial charge < -0.3 is 10.4 Å². The fraction of sp³-hybridized carbons (Fsp3) is 0.875. The first kappa shape index (κ1) is 28.4. The smallest absolute Gasteiger partial charge is 0.219 e. The third-order valence-electron chi connectivity index (χ3n) is 4.65. The van der Waals surface area contributed by atoms with Crippen molar-refractivity contribution in [3.05, 3.63) is 12.2 Å². The zero-order valence-corrected chi connectivity index (χ0v) is 18.9. The number of hydrogen-bond donors (Lipinski definition) is 2. The van der Waals surface area contributed by atoms with Crippen LogP contribution in [0.25, 0.3) is 0 Å². The van der Waals surface area contributed by atoms with Crippen LogP contribution in [0, 0.1) is 5.92 Å². The molecule has 0 atom stereocenters. The first-order chi connectivity index (χ1) is 13.1. The Labute approximate surface area is 170 Å². The number of unbranched alkanes of at least 4 members (excludes halogenated alkanes) is 11. The highest BCUT2D eigenvalue weighted by Crippen LogP contribution is 2.09. The zero-order valence-electron chi connectivity index (χ0n) is 18.9. The Balaban J connectivity index is 0. The predicted octanol–water partition coefficient (Wildman–Crippen LogP) is 6.79. The summed E-state index contributed by atoms with van der Waals surface area (Å²) in [6, 6.07) is 0. The average Bonchev–Trinajstić information content (AvgIpc) is 2.65. The van der Waals surface area contributed by atoms with Crippen LogP contribution in [0.2, 0.25) is 0 Å². The topological polar surface area (TPSA) is 49.3 Å². The van der Waals surface area contributed by atoms with Crippen molar-refractivity contribution in [2.24, 2.45) is 5.92 Å². The molecule has 0 unspecified atom stereocenters. The first-order valence-electron chi connectivity index (χ1n) is 11.5.